The van der Waals surface area contributed by atoms with Gasteiger partial charge in [-0.25, -0.2) is 4.98 Å². The second-order valence-corrected chi connectivity index (χ2v) is 9.33. The van der Waals surface area contributed by atoms with Gasteiger partial charge in [0.15, 0.2) is 0 Å². The summed E-state index contributed by atoms with van der Waals surface area (Å²) in [7, 11) is 0. The number of piperidine rings is 1. The van der Waals surface area contributed by atoms with Gasteiger partial charge in [0.1, 0.15) is 6.61 Å². The molecule has 5 rings (SSSR count). The van der Waals surface area contributed by atoms with E-state index in [9.17, 15) is 0 Å². The monoisotopic (exact) mass is 480 g/mol. The summed E-state index contributed by atoms with van der Waals surface area (Å²) in [6.07, 6.45) is 9.79. The van der Waals surface area contributed by atoms with E-state index in [2.05, 4.69) is 58.1 Å². The fraction of sp³-hybridized carbons (Fsp3) is 0.310. The van der Waals surface area contributed by atoms with E-state index >= 15 is 0 Å². The largest absolute Gasteiger partial charge is 0.391 e. The number of hydrogen-bond acceptors (Lipinski definition) is 6. The van der Waals surface area contributed by atoms with Crippen LogP contribution in [-0.2, 0) is 17.9 Å². The van der Waals surface area contributed by atoms with Crippen LogP contribution >= 0.6 is 0 Å². The number of oxime groups is 1. The van der Waals surface area contributed by atoms with Gasteiger partial charge < -0.3 is 9.82 Å². The standard InChI is InChI=1S/C29H32N6O/c1-21-8-6-13-31-28(21)26-16-25(34-36-19-23-10-4-3-5-11-23)17-27(29-22(2)9-7-14-32-29)35(26)15-12-24-18-30-20-33-24/h3-11,13-14,18,20,26-27H,12,15-17,19H2,1-2H3,(H,30,33)/t26-,27+. The van der Waals surface area contributed by atoms with Gasteiger partial charge in [0, 0.05) is 50.1 Å². The van der Waals surface area contributed by atoms with Crippen LogP contribution in [0.25, 0.3) is 0 Å². The van der Waals surface area contributed by atoms with E-state index in [-0.39, 0.29) is 12.1 Å². The Kier molecular flexibility index (Phi) is 7.47. The van der Waals surface area contributed by atoms with E-state index in [1.807, 2.05) is 48.9 Å². The number of rotatable bonds is 8. The molecule has 1 saturated heterocycles. The van der Waals surface area contributed by atoms with E-state index < -0.39 is 0 Å². The molecule has 1 aliphatic rings. The van der Waals surface area contributed by atoms with E-state index in [0.29, 0.717) is 6.61 Å². The van der Waals surface area contributed by atoms with Crippen LogP contribution in [0.4, 0.5) is 0 Å². The van der Waals surface area contributed by atoms with Crippen LogP contribution in [0.3, 0.4) is 0 Å². The van der Waals surface area contributed by atoms with Crippen LogP contribution < -0.4 is 0 Å². The number of hydrogen-bond donors (Lipinski definition) is 1. The summed E-state index contributed by atoms with van der Waals surface area (Å²) >= 11 is 0. The third-order valence-corrected chi connectivity index (χ3v) is 6.85. The van der Waals surface area contributed by atoms with Crippen molar-refractivity contribution in [2.75, 3.05) is 6.54 Å². The first kappa shape index (κ1) is 23.9. The summed E-state index contributed by atoms with van der Waals surface area (Å²) in [6, 6.07) is 18.5. The molecule has 184 valence electrons. The molecular formula is C29H32N6O. The molecule has 1 fully saturated rings. The van der Waals surface area contributed by atoms with Crippen LogP contribution in [0.1, 0.15) is 58.7 Å². The van der Waals surface area contributed by atoms with Crippen LogP contribution in [0.5, 0.6) is 0 Å². The minimum Gasteiger partial charge on any atom is -0.391 e. The first-order chi connectivity index (χ1) is 17.7. The fourth-order valence-electron chi connectivity index (χ4n) is 5.01. The highest BCUT2D eigenvalue weighted by molar-refractivity contribution is 5.86. The highest BCUT2D eigenvalue weighted by Crippen LogP contribution is 2.41. The zero-order valence-electron chi connectivity index (χ0n) is 20.8. The lowest BCUT2D eigenvalue weighted by molar-refractivity contribution is 0.102. The number of imidazole rings is 1. The average Bonchev–Trinajstić information content (AvgIpc) is 3.43. The second-order valence-electron chi connectivity index (χ2n) is 9.33. The lowest BCUT2D eigenvalue weighted by atomic mass is 9.87. The summed E-state index contributed by atoms with van der Waals surface area (Å²) in [5.41, 5.74) is 7.77. The Morgan fingerprint density at radius 1 is 0.917 bits per heavy atom. The van der Waals surface area contributed by atoms with Gasteiger partial charge in [0.25, 0.3) is 0 Å². The van der Waals surface area contributed by atoms with Gasteiger partial charge in [-0.05, 0) is 42.7 Å². The molecule has 0 aliphatic carbocycles. The van der Waals surface area contributed by atoms with Crippen LogP contribution in [0, 0.1) is 13.8 Å². The summed E-state index contributed by atoms with van der Waals surface area (Å²) in [5, 5.41) is 4.65. The molecule has 0 radical (unpaired) electrons. The number of nitrogens with zero attached hydrogens (tertiary/aromatic N) is 5. The smallest absolute Gasteiger partial charge is 0.142 e. The zero-order chi connectivity index (χ0) is 24.7. The Balaban J connectivity index is 1.49. The Labute approximate surface area is 212 Å². The fourth-order valence-corrected chi connectivity index (χ4v) is 5.01. The van der Waals surface area contributed by atoms with Crippen LogP contribution in [0.2, 0.25) is 0 Å². The molecule has 1 aliphatic heterocycles. The molecule has 0 saturated carbocycles. The number of pyridine rings is 2. The minimum atomic E-state index is 0.0633. The molecule has 4 aromatic rings. The third kappa shape index (κ3) is 5.52. The van der Waals surface area contributed by atoms with Crippen molar-refractivity contribution in [2.24, 2.45) is 5.16 Å². The normalized spacial score (nSPS) is 19.4. The zero-order valence-corrected chi connectivity index (χ0v) is 20.8. The second kappa shape index (κ2) is 11.3. The molecule has 36 heavy (non-hydrogen) atoms. The average molecular weight is 481 g/mol. The summed E-state index contributed by atoms with van der Waals surface area (Å²) < 4.78 is 0. The Bertz CT molecular complexity index is 1230. The maximum atomic E-state index is 5.86. The Morgan fingerprint density at radius 2 is 1.58 bits per heavy atom. The number of H-pyrrole nitrogens is 1. The molecule has 3 aromatic heterocycles. The molecule has 2 atom stereocenters. The molecule has 4 heterocycles. The lowest BCUT2D eigenvalue weighted by Gasteiger charge is -2.42. The molecule has 0 spiro atoms. The topological polar surface area (TPSA) is 79.3 Å². The molecule has 7 heteroatoms. The SMILES string of the molecule is Cc1cccnc1[C@H]1CC(=NOCc2ccccc2)C[C@@H](c2ncccc2C)N1CCc1cnc[nH]1. The van der Waals surface area contributed by atoms with Gasteiger partial charge >= 0.3 is 0 Å². The highest BCUT2D eigenvalue weighted by atomic mass is 16.6. The Hall–Kier alpha value is -3.84. The molecule has 0 amide bonds. The predicted octanol–water partition coefficient (Wildman–Crippen LogP) is 5.51. The Morgan fingerprint density at radius 3 is 2.17 bits per heavy atom. The number of aromatic amines is 1. The molecular weight excluding hydrogens is 448 g/mol. The molecule has 0 bridgehead atoms. The van der Waals surface area contributed by atoms with Crippen molar-refractivity contribution in [1.29, 1.82) is 0 Å². The molecule has 1 N–H and O–H groups in total. The van der Waals surface area contributed by atoms with Gasteiger partial charge in [0.05, 0.1) is 35.5 Å². The van der Waals surface area contributed by atoms with Crippen molar-refractivity contribution in [3.63, 3.8) is 0 Å². The minimum absolute atomic E-state index is 0.0633. The van der Waals surface area contributed by atoms with E-state index in [1.165, 1.54) is 11.1 Å². The van der Waals surface area contributed by atoms with Gasteiger partial charge in [0.2, 0.25) is 0 Å². The van der Waals surface area contributed by atoms with E-state index in [0.717, 1.165) is 54.2 Å². The first-order valence-electron chi connectivity index (χ1n) is 12.5. The van der Waals surface area contributed by atoms with Crippen molar-refractivity contribution in [2.45, 2.75) is 51.8 Å². The molecule has 0 unspecified atom stereocenters. The number of likely N-dealkylation sites (tertiary alicyclic amines) is 1. The molecule has 1 aromatic carbocycles. The van der Waals surface area contributed by atoms with E-state index in [1.54, 1.807) is 6.33 Å². The maximum absolute atomic E-state index is 5.86. The van der Waals surface area contributed by atoms with Crippen molar-refractivity contribution >= 4 is 5.71 Å². The molecule has 7 nitrogen and oxygen atoms in total. The van der Waals surface area contributed by atoms with Crippen LogP contribution in [0.15, 0.2) is 84.7 Å². The number of aromatic nitrogens is 4. The van der Waals surface area contributed by atoms with Crippen LogP contribution in [-0.4, -0.2) is 37.1 Å². The van der Waals surface area contributed by atoms with Crippen molar-refractivity contribution in [3.8, 4) is 0 Å². The lowest BCUT2D eigenvalue weighted by Crippen LogP contribution is -2.42. The van der Waals surface area contributed by atoms with Gasteiger partial charge in [-0.2, -0.15) is 0 Å². The van der Waals surface area contributed by atoms with Crippen molar-refractivity contribution in [1.82, 2.24) is 24.8 Å². The predicted molar refractivity (Wildman–Crippen MR) is 140 cm³/mol. The van der Waals surface area contributed by atoms with Gasteiger partial charge in [-0.15, -0.1) is 0 Å². The van der Waals surface area contributed by atoms with Gasteiger partial charge in [-0.3, -0.25) is 14.9 Å². The summed E-state index contributed by atoms with van der Waals surface area (Å²) in [5.74, 6) is 0. The van der Waals surface area contributed by atoms with Crippen molar-refractivity contribution in [3.05, 3.63) is 113 Å². The summed E-state index contributed by atoms with van der Waals surface area (Å²) in [4.78, 5) is 25.5. The number of benzene rings is 1. The van der Waals surface area contributed by atoms with Crippen molar-refractivity contribution < 1.29 is 4.84 Å². The number of nitrogens with one attached hydrogen (secondary N) is 1. The van der Waals surface area contributed by atoms with E-state index in [4.69, 9.17) is 14.8 Å². The maximum Gasteiger partial charge on any atom is 0.142 e. The quantitative estimate of drug-likeness (QED) is 0.336. The highest BCUT2D eigenvalue weighted by Gasteiger charge is 2.38. The number of aryl methyl sites for hydroxylation is 2. The first-order valence-corrected chi connectivity index (χ1v) is 12.5. The third-order valence-electron chi connectivity index (χ3n) is 6.85. The van der Waals surface area contributed by atoms with Gasteiger partial charge in [-0.1, -0.05) is 47.6 Å². The summed E-state index contributed by atoms with van der Waals surface area (Å²) in [6.45, 7) is 5.57.